The van der Waals surface area contributed by atoms with Gasteiger partial charge in [-0.1, -0.05) is 109 Å². The second kappa shape index (κ2) is 22.2. The van der Waals surface area contributed by atoms with Crippen LogP contribution < -0.4 is 28.3 Å². The van der Waals surface area contributed by atoms with Gasteiger partial charge in [-0.25, -0.2) is 4.39 Å². The largest absolute Gasteiger partial charge is 0.350 e. The maximum absolute atomic E-state index is 13.4. The normalized spacial score (nSPS) is 11.9. The Morgan fingerprint density at radius 1 is 0.552 bits per heavy atom. The first kappa shape index (κ1) is 43.4. The molecule has 0 unspecified atom stereocenters. The first-order valence-corrected chi connectivity index (χ1v) is 20.1. The number of hydrogen-bond donors (Lipinski definition) is 5. The summed E-state index contributed by atoms with van der Waals surface area (Å²) in [6.07, 6.45) is 4.75. The Kier molecular flexibility index (Phi) is 16.6. The summed E-state index contributed by atoms with van der Waals surface area (Å²) >= 11 is 0. The first-order valence-electron chi connectivity index (χ1n) is 20.1. The van der Waals surface area contributed by atoms with Crippen LogP contribution in [-0.4, -0.2) is 43.4 Å². The van der Waals surface area contributed by atoms with Crippen LogP contribution in [-0.2, 0) is 0 Å². The van der Waals surface area contributed by atoms with Gasteiger partial charge in [0, 0.05) is 42.7 Å². The number of amides is 1. The fraction of sp³-hybridized carbons (Fsp3) is 0.240. The molecule has 58 heavy (non-hydrogen) atoms. The predicted octanol–water partition coefficient (Wildman–Crippen LogP) is 9.31. The van der Waals surface area contributed by atoms with E-state index in [1.807, 2.05) is 97.9 Å². The topological polar surface area (TPSA) is 150 Å². The van der Waals surface area contributed by atoms with Crippen molar-refractivity contribution in [1.82, 2.24) is 5.32 Å². The molecule has 6 rings (SSSR count). The van der Waals surface area contributed by atoms with Crippen molar-refractivity contribution < 1.29 is 14.0 Å². The molecule has 0 aromatic heterocycles. The predicted molar refractivity (Wildman–Crippen MR) is 238 cm³/mol. The Hall–Kier alpha value is -5.77. The Balaban J connectivity index is 0.000000221. The van der Waals surface area contributed by atoms with Gasteiger partial charge in [0.25, 0.3) is 5.91 Å². The highest BCUT2D eigenvalue weighted by molar-refractivity contribution is 5.99. The van der Waals surface area contributed by atoms with E-state index in [-0.39, 0.29) is 29.6 Å². The van der Waals surface area contributed by atoms with Gasteiger partial charge in [0.2, 0.25) is 0 Å². The van der Waals surface area contributed by atoms with E-state index in [9.17, 15) is 14.0 Å². The molecule has 0 aliphatic heterocycles. The molecular formula is C50H56FN5O2. The van der Waals surface area contributed by atoms with E-state index in [0.29, 0.717) is 31.6 Å². The number of ketones is 1. The summed E-state index contributed by atoms with van der Waals surface area (Å²) in [5.74, 6) is -0.301. The fourth-order valence-corrected chi connectivity index (χ4v) is 6.63. The summed E-state index contributed by atoms with van der Waals surface area (Å²) in [6, 6.07) is 46.6. The van der Waals surface area contributed by atoms with E-state index in [2.05, 4.69) is 35.6 Å². The molecule has 0 aliphatic rings. The average Bonchev–Trinajstić information content (AvgIpc) is 3.27. The molecule has 0 spiro atoms. The molecule has 9 N–H and O–H groups in total. The molecule has 0 fully saturated rings. The summed E-state index contributed by atoms with van der Waals surface area (Å²) in [6.45, 7) is 3.50. The van der Waals surface area contributed by atoms with Gasteiger partial charge in [-0.2, -0.15) is 0 Å². The van der Waals surface area contributed by atoms with Crippen LogP contribution >= 0.6 is 0 Å². The molecule has 6 aromatic rings. The van der Waals surface area contributed by atoms with Crippen molar-refractivity contribution >= 4 is 11.7 Å². The molecule has 6 aromatic carbocycles. The van der Waals surface area contributed by atoms with Gasteiger partial charge >= 0.3 is 0 Å². The van der Waals surface area contributed by atoms with Gasteiger partial charge in [-0.05, 0) is 132 Å². The zero-order valence-electron chi connectivity index (χ0n) is 33.4. The molecule has 0 aliphatic carbocycles. The minimum Gasteiger partial charge on any atom is -0.350 e. The van der Waals surface area contributed by atoms with E-state index in [4.69, 9.17) is 22.9 Å². The van der Waals surface area contributed by atoms with E-state index in [0.717, 1.165) is 87.7 Å². The van der Waals surface area contributed by atoms with E-state index in [1.54, 1.807) is 12.1 Å². The van der Waals surface area contributed by atoms with Gasteiger partial charge in [0.05, 0.1) is 0 Å². The number of nitrogens with two attached hydrogens (primary N) is 4. The van der Waals surface area contributed by atoms with Gasteiger partial charge in [0.15, 0.2) is 5.78 Å². The molecule has 7 nitrogen and oxygen atoms in total. The molecule has 0 saturated carbocycles. The van der Waals surface area contributed by atoms with Crippen LogP contribution in [0.15, 0.2) is 146 Å². The molecule has 0 bridgehead atoms. The van der Waals surface area contributed by atoms with Gasteiger partial charge in [-0.15, -0.1) is 0 Å². The van der Waals surface area contributed by atoms with Crippen LogP contribution in [0.2, 0.25) is 0 Å². The van der Waals surface area contributed by atoms with Crippen LogP contribution in [0.1, 0.15) is 64.8 Å². The lowest BCUT2D eigenvalue weighted by Gasteiger charge is -2.14. The number of aryl methyl sites for hydroxylation is 1. The maximum atomic E-state index is 13.4. The lowest BCUT2D eigenvalue weighted by molar-refractivity contribution is 0.0948. The molecule has 0 heterocycles. The third kappa shape index (κ3) is 13.1. The van der Waals surface area contributed by atoms with E-state index < -0.39 is 0 Å². The number of unbranched alkanes of at least 4 members (excludes halogenated alkanes) is 1. The van der Waals surface area contributed by atoms with Crippen molar-refractivity contribution in [2.24, 2.45) is 22.9 Å². The second-order valence-electron chi connectivity index (χ2n) is 14.8. The summed E-state index contributed by atoms with van der Waals surface area (Å²) in [5, 5.41) is 2.92. The lowest BCUT2D eigenvalue weighted by Crippen LogP contribution is -2.37. The minimum atomic E-state index is -0.294. The smallest absolute Gasteiger partial charge is 0.251 e. The molecule has 300 valence electrons. The zero-order valence-corrected chi connectivity index (χ0v) is 33.4. The van der Waals surface area contributed by atoms with Crippen molar-refractivity contribution in [3.05, 3.63) is 168 Å². The zero-order chi connectivity index (χ0) is 41.3. The van der Waals surface area contributed by atoms with E-state index in [1.165, 1.54) is 12.1 Å². The molecule has 8 heteroatoms. The van der Waals surface area contributed by atoms with Gasteiger partial charge in [0.1, 0.15) is 5.82 Å². The monoisotopic (exact) mass is 777 g/mol. The highest BCUT2D eigenvalue weighted by Gasteiger charge is 2.14. The van der Waals surface area contributed by atoms with Crippen molar-refractivity contribution in [3.63, 3.8) is 0 Å². The molecule has 1 amide bonds. The average molecular weight is 778 g/mol. The van der Waals surface area contributed by atoms with Crippen molar-refractivity contribution in [3.8, 4) is 44.5 Å². The third-order valence-corrected chi connectivity index (χ3v) is 10.1. The highest BCUT2D eigenvalue weighted by Crippen LogP contribution is 2.31. The third-order valence-electron chi connectivity index (χ3n) is 10.1. The molecule has 0 saturated heterocycles. The molecule has 0 radical (unpaired) electrons. The summed E-state index contributed by atoms with van der Waals surface area (Å²) in [4.78, 5) is 25.7. The van der Waals surface area contributed by atoms with Gasteiger partial charge < -0.3 is 28.3 Å². The fourth-order valence-electron chi connectivity index (χ4n) is 6.63. The van der Waals surface area contributed by atoms with Crippen LogP contribution in [0.5, 0.6) is 0 Å². The number of rotatable bonds is 17. The molecular weight excluding hydrogens is 722 g/mol. The number of halogens is 1. The van der Waals surface area contributed by atoms with Crippen molar-refractivity contribution in [2.45, 2.75) is 57.5 Å². The highest BCUT2D eigenvalue weighted by atomic mass is 19.1. The number of carbonyl (C=O) groups excluding carboxylic acids is 2. The van der Waals surface area contributed by atoms with E-state index >= 15 is 0 Å². The number of hydrogen-bond acceptors (Lipinski definition) is 6. The Morgan fingerprint density at radius 2 is 1.02 bits per heavy atom. The minimum absolute atomic E-state index is 0.0289. The number of carbonyl (C=O) groups is 2. The summed E-state index contributed by atoms with van der Waals surface area (Å²) < 4.78 is 13.4. The first-order chi connectivity index (χ1) is 28.1. The van der Waals surface area contributed by atoms with Crippen LogP contribution in [0.25, 0.3) is 44.5 Å². The maximum Gasteiger partial charge on any atom is 0.251 e. The Bertz CT molecular complexity index is 2070. The SMILES string of the molecule is Cc1ccc(-c2cc(C(=O)NC[C@@H](N)CCCN)cc(-c3ccc(F)cc3)c2)cc1.NC[C@@H](N)CCCCC(=O)c1cc(-c2ccccc2)cc(-c2ccccc2)c1. The van der Waals surface area contributed by atoms with Crippen LogP contribution in [0.3, 0.4) is 0 Å². The van der Waals surface area contributed by atoms with Gasteiger partial charge in [-0.3, -0.25) is 9.59 Å². The Morgan fingerprint density at radius 3 is 1.52 bits per heavy atom. The van der Waals surface area contributed by atoms with Crippen molar-refractivity contribution in [1.29, 1.82) is 0 Å². The second-order valence-corrected chi connectivity index (χ2v) is 14.8. The van der Waals surface area contributed by atoms with Crippen LogP contribution in [0, 0.1) is 12.7 Å². The van der Waals surface area contributed by atoms with Crippen molar-refractivity contribution in [2.75, 3.05) is 19.6 Å². The summed E-state index contributed by atoms with van der Waals surface area (Å²) in [5.41, 5.74) is 33.5. The number of nitrogens with one attached hydrogen (secondary N) is 1. The number of Topliss-reactive ketones (excluding diaryl/α,β-unsaturated/α-hetero) is 1. The number of benzene rings is 6. The lowest BCUT2D eigenvalue weighted by atomic mass is 9.93. The Labute approximate surface area is 342 Å². The standard InChI is InChI=1S/C25H28FN3O.C25H28N2O/c1-17-4-6-18(7-5-17)20-13-21(19-8-10-23(26)11-9-19)15-22(14-20)25(30)29-16-24(28)3-2-12-27;26-18-24(27)13-7-8-14-25(28)23-16-21(19-9-3-1-4-10-19)15-22(17-23)20-11-5-2-6-12-20/h4-11,13-15,24H,2-3,12,16,27-28H2,1H3,(H,29,30);1-6,9-12,15-17,24H,7-8,13-14,18,26-27H2/t2*24-/m00/s1. The van der Waals surface area contributed by atoms with Crippen LogP contribution in [0.4, 0.5) is 4.39 Å². The summed E-state index contributed by atoms with van der Waals surface area (Å²) in [7, 11) is 0. The molecule has 2 atom stereocenters. The quantitative estimate of drug-likeness (QED) is 0.0460.